The van der Waals surface area contributed by atoms with E-state index < -0.39 is 47.3 Å². The van der Waals surface area contributed by atoms with Crippen LogP contribution in [0.2, 0.25) is 0 Å². The van der Waals surface area contributed by atoms with Gasteiger partial charge in [-0.1, -0.05) is 0 Å². The van der Waals surface area contributed by atoms with Gasteiger partial charge in [0.15, 0.2) is 11.5 Å². The molecule has 13 heteroatoms. The number of aryl methyl sites for hydroxylation is 1. The second kappa shape index (κ2) is 9.37. The Kier molecular flexibility index (Phi) is 6.34. The molecule has 0 aliphatic heterocycles. The van der Waals surface area contributed by atoms with Crippen LogP contribution in [0, 0.1) is 29.1 Å². The summed E-state index contributed by atoms with van der Waals surface area (Å²) in [6, 6.07) is 2.52. The molecular formula is C21H16F5N5O3. The van der Waals surface area contributed by atoms with Crippen LogP contribution < -0.4 is 10.1 Å². The quantitative estimate of drug-likeness (QED) is 0.231. The van der Waals surface area contributed by atoms with Crippen LogP contribution in [0.1, 0.15) is 28.8 Å². The van der Waals surface area contributed by atoms with Crippen molar-refractivity contribution in [3.05, 3.63) is 83.1 Å². The Bertz CT molecular complexity index is 1320. The molecule has 3 aromatic heterocycles. The number of ether oxygens (including phenoxy) is 1. The first-order valence-electron chi connectivity index (χ1n) is 9.84. The van der Waals surface area contributed by atoms with Crippen LogP contribution in [-0.2, 0) is 19.7 Å². The molecule has 1 aromatic carbocycles. The molecule has 0 unspecified atom stereocenters. The molecule has 4 rings (SSSR count). The molecule has 0 aliphatic rings. The van der Waals surface area contributed by atoms with Crippen LogP contribution in [0.25, 0.3) is 0 Å². The fourth-order valence-electron chi connectivity index (χ4n) is 2.99. The topological polar surface area (TPSA) is 87.1 Å². The van der Waals surface area contributed by atoms with Crippen molar-refractivity contribution in [2.75, 3.05) is 5.32 Å². The highest BCUT2D eigenvalue weighted by Gasteiger charge is 2.27. The molecule has 3 heterocycles. The standard InChI is InChI=1S/C21H16F5N5O3/c1-2-30-7-11(5-27-30)8-31-9-12(6-28-31)29-21(32)14-4-3-13(34-14)10-33-20-18(25)16(23)15(22)17(24)19(20)26/h3-7,9H,2,8,10H2,1H3,(H,29,32). The molecular weight excluding hydrogens is 465 g/mol. The van der Waals surface area contributed by atoms with Gasteiger partial charge in [-0.25, -0.2) is 13.2 Å². The van der Waals surface area contributed by atoms with Gasteiger partial charge in [-0.05, 0) is 19.1 Å². The first-order chi connectivity index (χ1) is 16.3. The van der Waals surface area contributed by atoms with E-state index in [-0.39, 0.29) is 11.5 Å². The normalized spacial score (nSPS) is 11.1. The largest absolute Gasteiger partial charge is 0.479 e. The number of nitrogens with one attached hydrogen (secondary N) is 1. The van der Waals surface area contributed by atoms with E-state index in [0.29, 0.717) is 12.2 Å². The number of aromatic nitrogens is 4. The number of halogens is 5. The number of hydrogen-bond donors (Lipinski definition) is 1. The molecule has 0 bridgehead atoms. The number of rotatable bonds is 8. The van der Waals surface area contributed by atoms with Crippen molar-refractivity contribution < 1.29 is 35.9 Å². The third kappa shape index (κ3) is 4.63. The van der Waals surface area contributed by atoms with Gasteiger partial charge in [0.25, 0.3) is 5.91 Å². The molecule has 34 heavy (non-hydrogen) atoms. The summed E-state index contributed by atoms with van der Waals surface area (Å²) in [6.07, 6.45) is 6.61. The summed E-state index contributed by atoms with van der Waals surface area (Å²) >= 11 is 0. The maximum atomic E-state index is 13.7. The highest BCUT2D eigenvalue weighted by Crippen LogP contribution is 2.29. The van der Waals surface area contributed by atoms with Crippen LogP contribution in [-0.4, -0.2) is 25.5 Å². The fourth-order valence-corrected chi connectivity index (χ4v) is 2.99. The number of furan rings is 1. The summed E-state index contributed by atoms with van der Waals surface area (Å²) in [7, 11) is 0. The maximum Gasteiger partial charge on any atom is 0.291 e. The molecule has 0 spiro atoms. The number of nitrogens with zero attached hydrogens (tertiary/aromatic N) is 4. The van der Waals surface area contributed by atoms with Crippen LogP contribution in [0.5, 0.6) is 5.75 Å². The molecule has 178 valence electrons. The molecule has 1 N–H and O–H groups in total. The van der Waals surface area contributed by atoms with E-state index >= 15 is 0 Å². The van der Waals surface area contributed by atoms with Crippen molar-refractivity contribution in [1.82, 2.24) is 19.6 Å². The predicted molar refractivity (Wildman–Crippen MR) is 106 cm³/mol. The minimum Gasteiger partial charge on any atom is -0.479 e. The first-order valence-corrected chi connectivity index (χ1v) is 9.84. The number of amides is 1. The molecule has 0 atom stereocenters. The summed E-state index contributed by atoms with van der Waals surface area (Å²) in [5.41, 5.74) is 1.30. The Hall–Kier alpha value is -4.16. The van der Waals surface area contributed by atoms with Gasteiger partial charge in [0, 0.05) is 24.5 Å². The van der Waals surface area contributed by atoms with Gasteiger partial charge in [0.2, 0.25) is 29.1 Å². The van der Waals surface area contributed by atoms with Crippen molar-refractivity contribution in [2.24, 2.45) is 0 Å². The average molecular weight is 481 g/mol. The van der Waals surface area contributed by atoms with E-state index in [1.54, 1.807) is 21.8 Å². The summed E-state index contributed by atoms with van der Waals surface area (Å²) < 4.78 is 80.3. The summed E-state index contributed by atoms with van der Waals surface area (Å²) in [6.45, 7) is 2.45. The van der Waals surface area contributed by atoms with Gasteiger partial charge in [-0.2, -0.15) is 19.0 Å². The van der Waals surface area contributed by atoms with E-state index in [2.05, 4.69) is 15.5 Å². The molecule has 0 radical (unpaired) electrons. The third-order valence-corrected chi connectivity index (χ3v) is 4.66. The lowest BCUT2D eigenvalue weighted by Gasteiger charge is -2.09. The minimum atomic E-state index is -2.29. The van der Waals surface area contributed by atoms with E-state index in [1.807, 2.05) is 13.1 Å². The smallest absolute Gasteiger partial charge is 0.291 e. The van der Waals surface area contributed by atoms with Gasteiger partial charge >= 0.3 is 0 Å². The molecule has 8 nitrogen and oxygen atoms in total. The van der Waals surface area contributed by atoms with E-state index in [4.69, 9.17) is 9.15 Å². The maximum absolute atomic E-state index is 13.7. The number of hydrogen-bond acceptors (Lipinski definition) is 5. The van der Waals surface area contributed by atoms with Crippen LogP contribution in [0.3, 0.4) is 0 Å². The Balaban J connectivity index is 1.37. The van der Waals surface area contributed by atoms with Gasteiger partial charge in [-0.3, -0.25) is 14.2 Å². The van der Waals surface area contributed by atoms with E-state index in [0.717, 1.165) is 12.1 Å². The minimum absolute atomic E-state index is 0.0854. The second-order valence-corrected chi connectivity index (χ2v) is 7.04. The van der Waals surface area contributed by atoms with Crippen LogP contribution in [0.4, 0.5) is 27.6 Å². The molecule has 0 aliphatic carbocycles. The Morgan fingerprint density at radius 1 is 0.971 bits per heavy atom. The average Bonchev–Trinajstić information content (AvgIpc) is 3.58. The van der Waals surface area contributed by atoms with Crippen LogP contribution >= 0.6 is 0 Å². The van der Waals surface area contributed by atoms with Crippen molar-refractivity contribution in [3.8, 4) is 5.75 Å². The summed E-state index contributed by atoms with van der Waals surface area (Å²) in [4.78, 5) is 12.4. The Labute approximate surface area is 188 Å². The number of carbonyl (C=O) groups is 1. The fraction of sp³-hybridized carbons (Fsp3) is 0.190. The lowest BCUT2D eigenvalue weighted by Crippen LogP contribution is -2.10. The third-order valence-electron chi connectivity index (χ3n) is 4.66. The zero-order chi connectivity index (χ0) is 24.4. The van der Waals surface area contributed by atoms with Gasteiger partial charge < -0.3 is 14.5 Å². The SMILES string of the molecule is CCn1cc(Cn2cc(NC(=O)c3ccc(COc4c(F)c(F)c(F)c(F)c4F)o3)cn2)cn1. The first kappa shape index (κ1) is 23.0. The van der Waals surface area contributed by atoms with E-state index in [9.17, 15) is 26.7 Å². The van der Waals surface area contributed by atoms with Crippen molar-refractivity contribution in [3.63, 3.8) is 0 Å². The Morgan fingerprint density at radius 3 is 2.32 bits per heavy atom. The highest BCUT2D eigenvalue weighted by molar-refractivity contribution is 6.02. The van der Waals surface area contributed by atoms with Crippen molar-refractivity contribution >= 4 is 11.6 Å². The number of anilines is 1. The van der Waals surface area contributed by atoms with Gasteiger partial charge in [0.1, 0.15) is 12.4 Å². The lowest BCUT2D eigenvalue weighted by molar-refractivity contribution is 0.0992. The van der Waals surface area contributed by atoms with E-state index in [1.165, 1.54) is 18.3 Å². The van der Waals surface area contributed by atoms with Gasteiger partial charge in [-0.15, -0.1) is 0 Å². The molecule has 4 aromatic rings. The van der Waals surface area contributed by atoms with Crippen molar-refractivity contribution in [2.45, 2.75) is 26.6 Å². The monoisotopic (exact) mass is 481 g/mol. The molecule has 0 fully saturated rings. The zero-order valence-electron chi connectivity index (χ0n) is 17.5. The number of benzene rings is 1. The Morgan fingerprint density at radius 2 is 1.65 bits per heavy atom. The predicted octanol–water partition coefficient (Wildman–Crippen LogP) is 4.27. The summed E-state index contributed by atoms with van der Waals surface area (Å²) in [5, 5.41) is 10.9. The zero-order valence-corrected chi connectivity index (χ0v) is 17.5. The lowest BCUT2D eigenvalue weighted by atomic mass is 10.2. The highest BCUT2D eigenvalue weighted by atomic mass is 19.2. The number of carbonyl (C=O) groups excluding carboxylic acids is 1. The molecule has 0 saturated carbocycles. The van der Waals surface area contributed by atoms with Gasteiger partial charge in [0.05, 0.1) is 24.6 Å². The molecule has 0 saturated heterocycles. The van der Waals surface area contributed by atoms with Crippen LogP contribution in [0.15, 0.2) is 41.3 Å². The second-order valence-electron chi connectivity index (χ2n) is 7.04. The van der Waals surface area contributed by atoms with Crippen molar-refractivity contribution in [1.29, 1.82) is 0 Å². The summed E-state index contributed by atoms with van der Waals surface area (Å²) in [5.74, 6) is -13.1. The molecule has 1 amide bonds.